The Morgan fingerprint density at radius 2 is 2.08 bits per heavy atom. The van der Waals surface area contributed by atoms with Crippen molar-refractivity contribution in [2.24, 2.45) is 0 Å². The summed E-state index contributed by atoms with van der Waals surface area (Å²) in [6.07, 6.45) is 3.02. The maximum Gasteiger partial charge on any atom is 0.250 e. The normalized spacial score (nSPS) is 11.8. The van der Waals surface area contributed by atoms with Crippen molar-refractivity contribution in [3.05, 3.63) is 59.0 Å². The summed E-state index contributed by atoms with van der Waals surface area (Å²) in [5.41, 5.74) is 1.66. The lowest BCUT2D eigenvalue weighted by Gasteiger charge is -2.14. The van der Waals surface area contributed by atoms with Gasteiger partial charge in [0.2, 0.25) is 5.91 Å². The lowest BCUT2D eigenvalue weighted by molar-refractivity contribution is -0.119. The van der Waals surface area contributed by atoms with E-state index in [0.29, 0.717) is 16.5 Å². The Hall–Kier alpha value is -3.11. The van der Waals surface area contributed by atoms with Crippen LogP contribution in [0.1, 0.15) is 24.2 Å². The number of halogens is 1. The van der Waals surface area contributed by atoms with Crippen LogP contribution in [-0.2, 0) is 4.79 Å². The van der Waals surface area contributed by atoms with Crippen LogP contribution < -0.4 is 5.32 Å². The second-order valence-electron chi connectivity index (χ2n) is 5.47. The first-order valence-electron chi connectivity index (χ1n) is 7.57. The molecule has 0 saturated heterocycles. The zero-order valence-corrected chi connectivity index (χ0v) is 14.4. The highest BCUT2D eigenvalue weighted by atomic mass is 35.5. The van der Waals surface area contributed by atoms with Gasteiger partial charge >= 0.3 is 0 Å². The Morgan fingerprint density at radius 1 is 1.36 bits per heavy atom. The van der Waals surface area contributed by atoms with E-state index in [9.17, 15) is 10.1 Å². The molecule has 2 aromatic heterocycles. The number of rotatable bonds is 4. The second kappa shape index (κ2) is 6.79. The number of nitrogens with zero attached hydrogens (tertiary/aromatic N) is 5. The highest BCUT2D eigenvalue weighted by Crippen LogP contribution is 2.22. The summed E-state index contributed by atoms with van der Waals surface area (Å²) < 4.78 is 3.01. The molecule has 3 rings (SSSR count). The highest BCUT2D eigenvalue weighted by molar-refractivity contribution is 6.31. The molecule has 0 fully saturated rings. The number of benzene rings is 1. The van der Waals surface area contributed by atoms with Gasteiger partial charge in [-0.15, -0.1) is 0 Å². The van der Waals surface area contributed by atoms with Gasteiger partial charge in [-0.1, -0.05) is 29.8 Å². The van der Waals surface area contributed by atoms with Crippen molar-refractivity contribution in [1.29, 1.82) is 5.26 Å². The van der Waals surface area contributed by atoms with Crippen LogP contribution in [0, 0.1) is 18.3 Å². The Labute approximate surface area is 149 Å². The molecule has 0 aliphatic heterocycles. The quantitative estimate of drug-likeness (QED) is 0.779. The topological polar surface area (TPSA) is 88.5 Å². The molecule has 8 heteroatoms. The first-order valence-corrected chi connectivity index (χ1v) is 7.94. The van der Waals surface area contributed by atoms with E-state index in [4.69, 9.17) is 11.6 Å². The molecule has 126 valence electrons. The van der Waals surface area contributed by atoms with E-state index < -0.39 is 6.04 Å². The molecular weight excluding hydrogens is 340 g/mol. The van der Waals surface area contributed by atoms with Crippen LogP contribution in [0.15, 0.2) is 42.7 Å². The number of carbonyl (C=O) groups excluding carboxylic acids is 1. The molecular formula is C17H15ClN6O. The Kier molecular flexibility index (Phi) is 4.55. The molecule has 0 radical (unpaired) electrons. The van der Waals surface area contributed by atoms with Gasteiger partial charge in [0, 0.05) is 6.20 Å². The van der Waals surface area contributed by atoms with Crippen molar-refractivity contribution in [1.82, 2.24) is 19.6 Å². The minimum atomic E-state index is -0.600. The van der Waals surface area contributed by atoms with Crippen LogP contribution in [0.2, 0.25) is 5.02 Å². The minimum Gasteiger partial charge on any atom is -0.308 e. The van der Waals surface area contributed by atoms with E-state index in [1.165, 1.54) is 15.6 Å². The number of hydrogen-bond donors (Lipinski definition) is 1. The largest absolute Gasteiger partial charge is 0.308 e. The molecule has 1 atom stereocenters. The summed E-state index contributed by atoms with van der Waals surface area (Å²) >= 11 is 6.00. The van der Waals surface area contributed by atoms with Gasteiger partial charge < -0.3 is 5.32 Å². The van der Waals surface area contributed by atoms with Gasteiger partial charge in [-0.3, -0.25) is 9.48 Å². The zero-order chi connectivity index (χ0) is 18.0. The van der Waals surface area contributed by atoms with Gasteiger partial charge in [0.05, 0.1) is 22.6 Å². The van der Waals surface area contributed by atoms with Crippen molar-refractivity contribution < 1.29 is 4.79 Å². The van der Waals surface area contributed by atoms with Gasteiger partial charge in [0.25, 0.3) is 0 Å². The number of para-hydroxylation sites is 1. The zero-order valence-electron chi connectivity index (χ0n) is 13.6. The van der Waals surface area contributed by atoms with Gasteiger partial charge in [-0.2, -0.15) is 15.5 Å². The van der Waals surface area contributed by atoms with Crippen LogP contribution in [0.3, 0.4) is 0 Å². The number of anilines is 1. The Bertz CT molecular complexity index is 934. The number of aryl methyl sites for hydroxylation is 1. The molecule has 1 aromatic carbocycles. The SMILES string of the molecule is Cc1nn(C(C)C(=O)Nc2c(C#N)cnn2-c2ccccc2)cc1Cl. The van der Waals surface area contributed by atoms with Crippen molar-refractivity contribution >= 4 is 23.3 Å². The van der Waals surface area contributed by atoms with Crippen molar-refractivity contribution in [2.75, 3.05) is 5.32 Å². The van der Waals surface area contributed by atoms with E-state index in [-0.39, 0.29) is 11.5 Å². The summed E-state index contributed by atoms with van der Waals surface area (Å²) in [6.45, 7) is 3.47. The molecule has 7 nitrogen and oxygen atoms in total. The summed E-state index contributed by atoms with van der Waals surface area (Å²) in [4.78, 5) is 12.6. The monoisotopic (exact) mass is 354 g/mol. The first kappa shape index (κ1) is 16.7. The predicted octanol–water partition coefficient (Wildman–Crippen LogP) is 3.10. The van der Waals surface area contributed by atoms with E-state index in [2.05, 4.69) is 15.5 Å². The maximum absolute atomic E-state index is 12.6. The van der Waals surface area contributed by atoms with E-state index in [1.807, 2.05) is 36.4 Å². The molecule has 3 aromatic rings. The molecule has 0 bridgehead atoms. The molecule has 25 heavy (non-hydrogen) atoms. The first-order chi connectivity index (χ1) is 12.0. The van der Waals surface area contributed by atoms with E-state index in [1.54, 1.807) is 20.0 Å². The summed E-state index contributed by atoms with van der Waals surface area (Å²) in [6, 6.07) is 10.7. The third-order valence-electron chi connectivity index (χ3n) is 3.77. The number of nitriles is 1. The molecule has 2 heterocycles. The van der Waals surface area contributed by atoms with Crippen LogP contribution in [0.25, 0.3) is 5.69 Å². The smallest absolute Gasteiger partial charge is 0.250 e. The van der Waals surface area contributed by atoms with Crippen molar-refractivity contribution in [2.45, 2.75) is 19.9 Å². The summed E-state index contributed by atoms with van der Waals surface area (Å²) in [5.74, 6) is -0.00567. The molecule has 0 saturated carbocycles. The fourth-order valence-electron chi connectivity index (χ4n) is 2.31. The number of hydrogen-bond acceptors (Lipinski definition) is 4. The maximum atomic E-state index is 12.6. The molecule has 1 amide bonds. The van der Waals surface area contributed by atoms with Crippen molar-refractivity contribution in [3.8, 4) is 11.8 Å². The fourth-order valence-corrected chi connectivity index (χ4v) is 2.45. The standard InChI is InChI=1S/C17H15ClN6O/c1-11-15(18)10-23(22-11)12(2)17(25)21-16-13(8-19)9-20-24(16)14-6-4-3-5-7-14/h3-7,9-10,12H,1-2H3,(H,21,25). The third-order valence-corrected chi connectivity index (χ3v) is 4.14. The minimum absolute atomic E-state index is 0.277. The Morgan fingerprint density at radius 3 is 2.68 bits per heavy atom. The number of amides is 1. The summed E-state index contributed by atoms with van der Waals surface area (Å²) in [5, 5.41) is 21.0. The van der Waals surface area contributed by atoms with E-state index in [0.717, 1.165) is 5.69 Å². The van der Waals surface area contributed by atoms with Gasteiger partial charge in [0.1, 0.15) is 17.7 Å². The van der Waals surface area contributed by atoms with Crippen LogP contribution in [0.5, 0.6) is 0 Å². The average molecular weight is 355 g/mol. The number of nitrogens with one attached hydrogen (secondary N) is 1. The van der Waals surface area contributed by atoms with Gasteiger partial charge in [0.15, 0.2) is 5.82 Å². The highest BCUT2D eigenvalue weighted by Gasteiger charge is 2.21. The molecule has 0 aliphatic rings. The third kappa shape index (κ3) is 3.25. The molecule has 0 aliphatic carbocycles. The fraction of sp³-hybridized carbons (Fsp3) is 0.176. The lowest BCUT2D eigenvalue weighted by Crippen LogP contribution is -2.25. The van der Waals surface area contributed by atoms with E-state index >= 15 is 0 Å². The number of carbonyl (C=O) groups is 1. The van der Waals surface area contributed by atoms with Crippen LogP contribution in [-0.4, -0.2) is 25.5 Å². The van der Waals surface area contributed by atoms with Gasteiger partial charge in [-0.05, 0) is 26.0 Å². The van der Waals surface area contributed by atoms with Gasteiger partial charge in [-0.25, -0.2) is 4.68 Å². The average Bonchev–Trinajstić information content (AvgIpc) is 3.18. The molecule has 1 N–H and O–H groups in total. The van der Waals surface area contributed by atoms with Crippen LogP contribution in [0.4, 0.5) is 5.82 Å². The predicted molar refractivity (Wildman–Crippen MR) is 93.6 cm³/mol. The second-order valence-corrected chi connectivity index (χ2v) is 5.88. The molecule has 1 unspecified atom stereocenters. The Balaban J connectivity index is 1.91. The molecule has 0 spiro atoms. The van der Waals surface area contributed by atoms with Crippen LogP contribution >= 0.6 is 11.6 Å². The van der Waals surface area contributed by atoms with Crippen molar-refractivity contribution in [3.63, 3.8) is 0 Å². The summed E-state index contributed by atoms with van der Waals surface area (Å²) in [7, 11) is 0. The lowest BCUT2D eigenvalue weighted by atomic mass is 10.3. The number of aromatic nitrogens is 4.